The van der Waals surface area contributed by atoms with Crippen molar-refractivity contribution in [2.75, 3.05) is 7.11 Å². The zero-order chi connectivity index (χ0) is 25.2. The third-order valence-electron chi connectivity index (χ3n) is 5.57. The number of imidazole rings is 1. The van der Waals surface area contributed by atoms with Gasteiger partial charge in [-0.1, -0.05) is 6.07 Å². The lowest BCUT2D eigenvalue weighted by Crippen LogP contribution is -2.23. The van der Waals surface area contributed by atoms with Crippen LogP contribution < -0.4 is 14.8 Å². The Labute approximate surface area is 206 Å². The number of nitrogens with zero attached hydrogens (tertiary/aromatic N) is 4. The molecule has 8 nitrogen and oxygen atoms in total. The molecule has 5 rings (SSSR count). The van der Waals surface area contributed by atoms with Crippen molar-refractivity contribution in [3.05, 3.63) is 84.1 Å². The fourth-order valence-corrected chi connectivity index (χ4v) is 3.83. The minimum absolute atomic E-state index is 0.0897. The maximum absolute atomic E-state index is 14.0. The minimum Gasteiger partial charge on any atom is -0.494 e. The van der Waals surface area contributed by atoms with Crippen LogP contribution in [0.1, 0.15) is 29.8 Å². The SMILES string of the molecule is COc1cc(-c2nc3cc(C(=O)NCc4ccc5nccn5c4)ccc3nc2OC(C)C)ccc1F. The number of aromatic nitrogens is 4. The average Bonchev–Trinajstić information content (AvgIpc) is 3.34. The number of hydrogen-bond acceptors (Lipinski definition) is 6. The third-order valence-corrected chi connectivity index (χ3v) is 5.57. The van der Waals surface area contributed by atoms with Gasteiger partial charge in [-0.05, 0) is 61.9 Å². The maximum Gasteiger partial charge on any atom is 0.251 e. The predicted octanol–water partition coefficient (Wildman–Crippen LogP) is 4.81. The first-order valence-electron chi connectivity index (χ1n) is 11.4. The van der Waals surface area contributed by atoms with Gasteiger partial charge in [0, 0.05) is 36.3 Å². The van der Waals surface area contributed by atoms with E-state index >= 15 is 0 Å². The van der Waals surface area contributed by atoms with Crippen LogP contribution in [0.15, 0.2) is 67.1 Å². The van der Waals surface area contributed by atoms with Gasteiger partial charge in [0.2, 0.25) is 5.88 Å². The number of hydrogen-bond donors (Lipinski definition) is 1. The Morgan fingerprint density at radius 1 is 1.08 bits per heavy atom. The number of fused-ring (bicyclic) bond motifs is 2. The molecule has 0 spiro atoms. The van der Waals surface area contributed by atoms with Gasteiger partial charge in [-0.2, -0.15) is 0 Å². The summed E-state index contributed by atoms with van der Waals surface area (Å²) < 4.78 is 26.9. The molecule has 0 aliphatic rings. The Bertz CT molecular complexity index is 1580. The highest BCUT2D eigenvalue weighted by Gasteiger charge is 2.17. The Balaban J connectivity index is 1.46. The summed E-state index contributed by atoms with van der Waals surface area (Å²) in [7, 11) is 1.40. The lowest BCUT2D eigenvalue weighted by molar-refractivity contribution is 0.0951. The third kappa shape index (κ3) is 4.68. The highest BCUT2D eigenvalue weighted by molar-refractivity contribution is 5.97. The molecular formula is C27H24FN5O3. The molecule has 2 aromatic carbocycles. The quantitative estimate of drug-likeness (QED) is 0.356. The van der Waals surface area contributed by atoms with Crippen molar-refractivity contribution in [3.63, 3.8) is 0 Å². The fourth-order valence-electron chi connectivity index (χ4n) is 3.83. The van der Waals surface area contributed by atoms with Crippen LogP contribution in [0.5, 0.6) is 11.6 Å². The molecule has 0 aliphatic heterocycles. The van der Waals surface area contributed by atoms with E-state index in [1.165, 1.54) is 13.2 Å². The maximum atomic E-state index is 14.0. The molecule has 3 aromatic heterocycles. The summed E-state index contributed by atoms with van der Waals surface area (Å²) in [6.45, 7) is 4.14. The van der Waals surface area contributed by atoms with Crippen LogP contribution in [0.4, 0.5) is 4.39 Å². The van der Waals surface area contributed by atoms with Gasteiger partial charge in [0.1, 0.15) is 11.3 Å². The van der Waals surface area contributed by atoms with E-state index in [0.29, 0.717) is 40.3 Å². The minimum atomic E-state index is -0.479. The molecular weight excluding hydrogens is 461 g/mol. The molecule has 0 saturated heterocycles. The van der Waals surface area contributed by atoms with Crippen LogP contribution in [0.2, 0.25) is 0 Å². The van der Waals surface area contributed by atoms with Crippen molar-refractivity contribution >= 4 is 22.6 Å². The smallest absolute Gasteiger partial charge is 0.251 e. The first-order chi connectivity index (χ1) is 17.4. The number of amides is 1. The van der Waals surface area contributed by atoms with Crippen LogP contribution in [-0.4, -0.2) is 38.5 Å². The number of rotatable bonds is 7. The summed E-state index contributed by atoms with van der Waals surface area (Å²) in [5.41, 5.74) is 4.33. The normalized spacial score (nSPS) is 11.2. The van der Waals surface area contributed by atoms with E-state index < -0.39 is 5.82 Å². The Morgan fingerprint density at radius 2 is 1.94 bits per heavy atom. The van der Waals surface area contributed by atoms with E-state index in [9.17, 15) is 9.18 Å². The topological polar surface area (TPSA) is 90.6 Å². The van der Waals surface area contributed by atoms with Gasteiger partial charge >= 0.3 is 0 Å². The predicted molar refractivity (Wildman–Crippen MR) is 134 cm³/mol. The van der Waals surface area contributed by atoms with E-state index in [-0.39, 0.29) is 17.8 Å². The van der Waals surface area contributed by atoms with Gasteiger partial charge in [0.15, 0.2) is 11.6 Å². The van der Waals surface area contributed by atoms with Crippen LogP contribution in [0.3, 0.4) is 0 Å². The molecule has 1 N–H and O–H groups in total. The first kappa shape index (κ1) is 23.2. The molecule has 5 aromatic rings. The summed E-state index contributed by atoms with van der Waals surface area (Å²) in [6, 6.07) is 13.4. The molecule has 182 valence electrons. The Kier molecular flexibility index (Phi) is 6.20. The van der Waals surface area contributed by atoms with Crippen molar-refractivity contribution in [2.24, 2.45) is 0 Å². The number of halogens is 1. The molecule has 3 heterocycles. The van der Waals surface area contributed by atoms with Crippen molar-refractivity contribution < 1.29 is 18.7 Å². The van der Waals surface area contributed by atoms with Crippen LogP contribution in [0.25, 0.3) is 27.9 Å². The summed E-state index contributed by atoms with van der Waals surface area (Å²) in [5, 5.41) is 2.94. The molecule has 0 radical (unpaired) electrons. The number of carbonyl (C=O) groups excluding carboxylic acids is 1. The molecule has 1 amide bonds. The van der Waals surface area contributed by atoms with E-state index in [1.807, 2.05) is 42.8 Å². The largest absolute Gasteiger partial charge is 0.494 e. The summed E-state index contributed by atoms with van der Waals surface area (Å²) >= 11 is 0. The molecule has 0 unspecified atom stereocenters. The fraction of sp³-hybridized carbons (Fsp3) is 0.185. The van der Waals surface area contributed by atoms with E-state index in [2.05, 4.69) is 15.3 Å². The highest BCUT2D eigenvalue weighted by atomic mass is 19.1. The molecule has 36 heavy (non-hydrogen) atoms. The van der Waals surface area contributed by atoms with E-state index in [0.717, 1.165) is 11.2 Å². The average molecular weight is 486 g/mol. The van der Waals surface area contributed by atoms with Crippen molar-refractivity contribution in [1.29, 1.82) is 0 Å². The molecule has 0 saturated carbocycles. The van der Waals surface area contributed by atoms with Gasteiger partial charge in [-0.15, -0.1) is 0 Å². The highest BCUT2D eigenvalue weighted by Crippen LogP contribution is 2.32. The van der Waals surface area contributed by atoms with Crippen LogP contribution >= 0.6 is 0 Å². The standard InChI is InChI=1S/C27H24FN5O3/c1-16(2)36-27-25(18-5-7-20(28)23(13-18)35-3)31-22-12-19(6-8-21(22)32-27)26(34)30-14-17-4-9-24-29-10-11-33(24)15-17/h4-13,15-16H,14H2,1-3H3,(H,30,34). The zero-order valence-electron chi connectivity index (χ0n) is 20.0. The second-order valence-corrected chi connectivity index (χ2v) is 8.51. The van der Waals surface area contributed by atoms with Crippen LogP contribution in [0, 0.1) is 5.82 Å². The Morgan fingerprint density at radius 3 is 2.75 bits per heavy atom. The lowest BCUT2D eigenvalue weighted by Gasteiger charge is -2.15. The lowest BCUT2D eigenvalue weighted by atomic mass is 10.1. The summed E-state index contributed by atoms with van der Waals surface area (Å²) in [6.07, 6.45) is 5.36. The van der Waals surface area contributed by atoms with Gasteiger partial charge in [-0.3, -0.25) is 4.79 Å². The van der Waals surface area contributed by atoms with Crippen LogP contribution in [-0.2, 0) is 6.54 Å². The monoisotopic (exact) mass is 485 g/mol. The van der Waals surface area contributed by atoms with Crippen molar-refractivity contribution in [2.45, 2.75) is 26.5 Å². The van der Waals surface area contributed by atoms with E-state index in [4.69, 9.17) is 14.5 Å². The number of ether oxygens (including phenoxy) is 2. The Hall–Kier alpha value is -4.53. The van der Waals surface area contributed by atoms with Gasteiger partial charge in [-0.25, -0.2) is 19.3 Å². The van der Waals surface area contributed by atoms with Gasteiger partial charge in [0.05, 0.1) is 24.2 Å². The number of nitrogens with one attached hydrogen (secondary N) is 1. The second kappa shape index (κ2) is 9.61. The number of methoxy groups -OCH3 is 1. The second-order valence-electron chi connectivity index (χ2n) is 8.51. The van der Waals surface area contributed by atoms with Gasteiger partial charge < -0.3 is 19.2 Å². The number of carbonyl (C=O) groups is 1. The molecule has 0 bridgehead atoms. The number of benzene rings is 2. The summed E-state index contributed by atoms with van der Waals surface area (Å²) in [4.78, 5) is 26.5. The first-order valence-corrected chi connectivity index (χ1v) is 11.4. The molecule has 0 atom stereocenters. The molecule has 9 heteroatoms. The van der Waals surface area contributed by atoms with Gasteiger partial charge in [0.25, 0.3) is 5.91 Å². The number of pyridine rings is 1. The van der Waals surface area contributed by atoms with Crippen molar-refractivity contribution in [1.82, 2.24) is 24.7 Å². The molecule has 0 aliphatic carbocycles. The zero-order valence-corrected chi connectivity index (χ0v) is 20.0. The summed E-state index contributed by atoms with van der Waals surface area (Å²) in [5.74, 6) is -0.311. The van der Waals surface area contributed by atoms with Crippen molar-refractivity contribution in [3.8, 4) is 22.9 Å². The molecule has 0 fully saturated rings. The van der Waals surface area contributed by atoms with E-state index in [1.54, 1.807) is 36.5 Å².